The summed E-state index contributed by atoms with van der Waals surface area (Å²) in [6.45, 7) is 0.507. The molecule has 3 N–H and O–H groups in total. The maximum Gasteiger partial charge on any atom is 0.123 e. The fourth-order valence-electron chi connectivity index (χ4n) is 1.72. The van der Waals surface area contributed by atoms with E-state index in [1.165, 1.54) is 12.1 Å². The van der Waals surface area contributed by atoms with Gasteiger partial charge in [0.1, 0.15) is 5.82 Å². The van der Waals surface area contributed by atoms with E-state index in [2.05, 4.69) is 5.32 Å². The molecule has 0 saturated carbocycles. The molecule has 0 saturated heterocycles. The van der Waals surface area contributed by atoms with E-state index in [-0.39, 0.29) is 5.82 Å². The van der Waals surface area contributed by atoms with Crippen LogP contribution in [0.1, 0.15) is 5.56 Å². The van der Waals surface area contributed by atoms with Gasteiger partial charge < -0.3 is 11.1 Å². The van der Waals surface area contributed by atoms with Crippen molar-refractivity contribution in [2.75, 3.05) is 11.9 Å². The summed E-state index contributed by atoms with van der Waals surface area (Å²) in [4.78, 5) is 0. The second-order valence-electron chi connectivity index (χ2n) is 3.83. The monoisotopic (exact) mass is 230 g/mol. The average molecular weight is 230 g/mol. The van der Waals surface area contributed by atoms with Gasteiger partial charge in [-0.05, 0) is 48.9 Å². The van der Waals surface area contributed by atoms with Crippen molar-refractivity contribution in [2.24, 2.45) is 5.73 Å². The lowest BCUT2D eigenvalue weighted by molar-refractivity contribution is 0.625. The molecule has 0 atom stereocenters. The Morgan fingerprint density at radius 3 is 2.53 bits per heavy atom. The second-order valence-corrected chi connectivity index (χ2v) is 3.83. The third-order valence-corrected chi connectivity index (χ3v) is 2.53. The number of nitrogens with one attached hydrogen (secondary N) is 1. The van der Waals surface area contributed by atoms with E-state index in [1.54, 1.807) is 6.07 Å². The van der Waals surface area contributed by atoms with Gasteiger partial charge in [0.25, 0.3) is 0 Å². The molecule has 2 nitrogen and oxygen atoms in total. The van der Waals surface area contributed by atoms with Crippen molar-refractivity contribution < 1.29 is 4.39 Å². The van der Waals surface area contributed by atoms with Gasteiger partial charge in [-0.1, -0.05) is 18.2 Å². The zero-order chi connectivity index (χ0) is 12.1. The minimum Gasteiger partial charge on any atom is -0.355 e. The lowest BCUT2D eigenvalue weighted by Gasteiger charge is -2.11. The van der Waals surface area contributed by atoms with Crippen LogP contribution < -0.4 is 11.1 Å². The molecule has 2 aromatic carbocycles. The Balaban J connectivity index is 2.26. The molecule has 0 heterocycles. The van der Waals surface area contributed by atoms with Crippen molar-refractivity contribution >= 4 is 11.4 Å². The summed E-state index contributed by atoms with van der Waals surface area (Å²) in [5, 5.41) is 3.26. The first-order valence-corrected chi connectivity index (χ1v) is 5.60. The largest absolute Gasteiger partial charge is 0.355 e. The van der Waals surface area contributed by atoms with Crippen LogP contribution in [-0.2, 0) is 6.42 Å². The number of rotatable bonds is 4. The van der Waals surface area contributed by atoms with Gasteiger partial charge in [0.15, 0.2) is 0 Å². The summed E-state index contributed by atoms with van der Waals surface area (Å²) in [7, 11) is 0. The number of anilines is 2. The van der Waals surface area contributed by atoms with E-state index >= 15 is 0 Å². The number of nitrogens with two attached hydrogens (primary N) is 1. The number of para-hydroxylation sites is 1. The highest BCUT2D eigenvalue weighted by molar-refractivity contribution is 5.63. The normalized spacial score (nSPS) is 10.2. The smallest absolute Gasteiger partial charge is 0.123 e. The van der Waals surface area contributed by atoms with E-state index in [0.29, 0.717) is 13.0 Å². The number of hydrogen-bond acceptors (Lipinski definition) is 2. The molecule has 17 heavy (non-hydrogen) atoms. The average Bonchev–Trinajstić information content (AvgIpc) is 2.34. The fraction of sp³-hybridized carbons (Fsp3) is 0.143. The molecule has 0 fully saturated rings. The summed E-state index contributed by atoms with van der Waals surface area (Å²) in [5.41, 5.74) is 8.31. The Hall–Kier alpha value is -1.87. The molecule has 2 aromatic rings. The predicted molar refractivity (Wildman–Crippen MR) is 68.9 cm³/mol. The number of hydrogen-bond donors (Lipinski definition) is 2. The van der Waals surface area contributed by atoms with Gasteiger partial charge in [0, 0.05) is 11.4 Å². The van der Waals surface area contributed by atoms with Crippen LogP contribution in [0.5, 0.6) is 0 Å². The lowest BCUT2D eigenvalue weighted by atomic mass is 10.1. The Bertz CT molecular complexity index is 483. The van der Waals surface area contributed by atoms with Crippen LogP contribution in [0.3, 0.4) is 0 Å². The number of benzene rings is 2. The quantitative estimate of drug-likeness (QED) is 0.847. The Kier molecular flexibility index (Phi) is 3.73. The first-order valence-electron chi connectivity index (χ1n) is 5.60. The van der Waals surface area contributed by atoms with Crippen LogP contribution in [0.2, 0.25) is 0 Å². The van der Waals surface area contributed by atoms with Gasteiger partial charge in [-0.2, -0.15) is 0 Å². The molecule has 0 amide bonds. The van der Waals surface area contributed by atoms with E-state index in [1.807, 2.05) is 30.3 Å². The van der Waals surface area contributed by atoms with Gasteiger partial charge in [0.05, 0.1) is 0 Å². The molecule has 0 spiro atoms. The standard InChI is InChI=1S/C14H15FN2/c15-12-6-7-14(11(10-12)8-9-16)17-13-4-2-1-3-5-13/h1-7,10,17H,8-9,16H2. The topological polar surface area (TPSA) is 38.0 Å². The number of halogens is 1. The zero-order valence-electron chi connectivity index (χ0n) is 9.49. The molecule has 0 radical (unpaired) electrons. The highest BCUT2D eigenvalue weighted by Gasteiger charge is 2.03. The van der Waals surface area contributed by atoms with E-state index in [4.69, 9.17) is 5.73 Å². The summed E-state index contributed by atoms with van der Waals surface area (Å²) in [5.74, 6) is -0.230. The molecule has 0 unspecified atom stereocenters. The van der Waals surface area contributed by atoms with Crippen molar-refractivity contribution in [1.82, 2.24) is 0 Å². The van der Waals surface area contributed by atoms with E-state index in [9.17, 15) is 4.39 Å². The van der Waals surface area contributed by atoms with Crippen molar-refractivity contribution in [2.45, 2.75) is 6.42 Å². The minimum absolute atomic E-state index is 0.230. The second kappa shape index (κ2) is 5.46. The first kappa shape index (κ1) is 11.6. The molecule has 88 valence electrons. The van der Waals surface area contributed by atoms with Gasteiger partial charge in [-0.3, -0.25) is 0 Å². The molecule has 0 aromatic heterocycles. The Morgan fingerprint density at radius 1 is 1.06 bits per heavy atom. The predicted octanol–water partition coefficient (Wildman–Crippen LogP) is 3.07. The minimum atomic E-state index is -0.230. The van der Waals surface area contributed by atoms with Gasteiger partial charge in [0.2, 0.25) is 0 Å². The van der Waals surface area contributed by atoms with Crippen LogP contribution in [0.25, 0.3) is 0 Å². The van der Waals surface area contributed by atoms with Crippen LogP contribution in [0.15, 0.2) is 48.5 Å². The highest BCUT2D eigenvalue weighted by Crippen LogP contribution is 2.22. The molecule has 0 aliphatic rings. The fourth-order valence-corrected chi connectivity index (χ4v) is 1.72. The third-order valence-electron chi connectivity index (χ3n) is 2.53. The van der Waals surface area contributed by atoms with Crippen molar-refractivity contribution in [1.29, 1.82) is 0 Å². The highest BCUT2D eigenvalue weighted by atomic mass is 19.1. The Labute approximate surface area is 100 Å². The third kappa shape index (κ3) is 3.04. The first-order chi connectivity index (χ1) is 8.29. The van der Waals surface area contributed by atoms with Crippen LogP contribution in [0.4, 0.5) is 15.8 Å². The van der Waals surface area contributed by atoms with Crippen molar-refractivity contribution in [3.8, 4) is 0 Å². The Morgan fingerprint density at radius 2 is 1.82 bits per heavy atom. The maximum absolute atomic E-state index is 13.1. The van der Waals surface area contributed by atoms with Crippen molar-refractivity contribution in [3.05, 3.63) is 59.9 Å². The van der Waals surface area contributed by atoms with E-state index in [0.717, 1.165) is 16.9 Å². The van der Waals surface area contributed by atoms with Crippen LogP contribution >= 0.6 is 0 Å². The molecule has 0 aliphatic heterocycles. The summed E-state index contributed by atoms with van der Waals surface area (Å²) in [6, 6.07) is 14.5. The summed E-state index contributed by atoms with van der Waals surface area (Å²) < 4.78 is 13.1. The van der Waals surface area contributed by atoms with Gasteiger partial charge in [-0.15, -0.1) is 0 Å². The molecular formula is C14H15FN2. The molecule has 2 rings (SSSR count). The van der Waals surface area contributed by atoms with Crippen molar-refractivity contribution in [3.63, 3.8) is 0 Å². The molecule has 3 heteroatoms. The van der Waals surface area contributed by atoms with E-state index < -0.39 is 0 Å². The molecule has 0 aliphatic carbocycles. The molecular weight excluding hydrogens is 215 g/mol. The van der Waals surface area contributed by atoms with Gasteiger partial charge in [-0.25, -0.2) is 4.39 Å². The summed E-state index contributed by atoms with van der Waals surface area (Å²) in [6.07, 6.45) is 0.660. The maximum atomic E-state index is 13.1. The van der Waals surface area contributed by atoms with Crippen LogP contribution in [0, 0.1) is 5.82 Å². The van der Waals surface area contributed by atoms with Crippen LogP contribution in [-0.4, -0.2) is 6.54 Å². The lowest BCUT2D eigenvalue weighted by Crippen LogP contribution is -2.05. The SMILES string of the molecule is NCCc1cc(F)ccc1Nc1ccccc1. The summed E-state index contributed by atoms with van der Waals surface area (Å²) >= 11 is 0. The zero-order valence-corrected chi connectivity index (χ0v) is 9.49. The van der Waals surface area contributed by atoms with Gasteiger partial charge >= 0.3 is 0 Å². The molecule has 0 bridgehead atoms.